The Bertz CT molecular complexity index is 1020. The zero-order chi connectivity index (χ0) is 21.7. The highest BCUT2D eigenvalue weighted by molar-refractivity contribution is 6.08. The lowest BCUT2D eigenvalue weighted by Crippen LogP contribution is -2.49. The van der Waals surface area contributed by atoms with Gasteiger partial charge in [0.1, 0.15) is 11.8 Å². The maximum absolute atomic E-state index is 13.4. The minimum atomic E-state index is -0.952. The van der Waals surface area contributed by atoms with E-state index in [0.717, 1.165) is 36.0 Å². The van der Waals surface area contributed by atoms with Crippen LogP contribution in [0.3, 0.4) is 0 Å². The lowest BCUT2D eigenvalue weighted by atomic mass is 9.81. The lowest BCUT2D eigenvalue weighted by Gasteiger charge is -2.26. The highest BCUT2D eigenvalue weighted by Crippen LogP contribution is 2.56. The number of hydrogen-bond acceptors (Lipinski definition) is 4. The summed E-state index contributed by atoms with van der Waals surface area (Å²) in [5, 5.41) is 0. The lowest BCUT2D eigenvalue weighted by molar-refractivity contribution is -0.154. The van der Waals surface area contributed by atoms with Gasteiger partial charge in [-0.25, -0.2) is 4.79 Å². The van der Waals surface area contributed by atoms with Crippen molar-refractivity contribution in [3.05, 3.63) is 65.2 Å². The van der Waals surface area contributed by atoms with Gasteiger partial charge in [0.05, 0.1) is 11.8 Å². The van der Waals surface area contributed by atoms with Crippen LogP contribution in [0.4, 0.5) is 0 Å². The van der Waals surface area contributed by atoms with Crippen molar-refractivity contribution in [3.8, 4) is 5.75 Å². The van der Waals surface area contributed by atoms with E-state index in [1.165, 1.54) is 4.90 Å². The van der Waals surface area contributed by atoms with Gasteiger partial charge in [-0.05, 0) is 67.7 Å². The first-order chi connectivity index (χ1) is 15.0. The first-order valence-electron chi connectivity index (χ1n) is 11.1. The van der Waals surface area contributed by atoms with Gasteiger partial charge >= 0.3 is 5.97 Å². The zero-order valence-electron chi connectivity index (χ0n) is 17.9. The molecule has 0 aromatic heterocycles. The summed E-state index contributed by atoms with van der Waals surface area (Å²) in [6.45, 7) is 3.86. The van der Waals surface area contributed by atoms with Gasteiger partial charge in [-0.3, -0.25) is 14.5 Å². The Balaban J connectivity index is 1.47. The molecule has 1 saturated heterocycles. The molecule has 3 fully saturated rings. The third-order valence-electron chi connectivity index (χ3n) is 7.58. The number of esters is 1. The molecular formula is C26H27NO4. The number of carbonyl (C=O) groups is 3. The Labute approximate surface area is 182 Å². The van der Waals surface area contributed by atoms with Crippen molar-refractivity contribution in [3.63, 3.8) is 0 Å². The maximum Gasteiger partial charge on any atom is 0.335 e. The fourth-order valence-corrected chi connectivity index (χ4v) is 5.87. The largest absolute Gasteiger partial charge is 0.425 e. The number of fused-ring (bicyclic) bond motifs is 5. The van der Waals surface area contributed by atoms with E-state index in [-0.39, 0.29) is 41.9 Å². The van der Waals surface area contributed by atoms with Gasteiger partial charge < -0.3 is 4.74 Å². The van der Waals surface area contributed by atoms with Crippen LogP contribution in [0.5, 0.6) is 5.75 Å². The summed E-state index contributed by atoms with van der Waals surface area (Å²) in [6.07, 6.45) is 3.25. The van der Waals surface area contributed by atoms with Crippen molar-refractivity contribution in [2.24, 2.45) is 23.7 Å². The summed E-state index contributed by atoms with van der Waals surface area (Å²) in [4.78, 5) is 41.4. The van der Waals surface area contributed by atoms with E-state index in [4.69, 9.17) is 4.74 Å². The average Bonchev–Trinajstić information content (AvgIpc) is 3.45. The predicted molar refractivity (Wildman–Crippen MR) is 115 cm³/mol. The average molecular weight is 418 g/mol. The molecule has 160 valence electrons. The summed E-state index contributed by atoms with van der Waals surface area (Å²) < 4.78 is 5.78. The monoisotopic (exact) mass is 417 g/mol. The maximum atomic E-state index is 13.4. The SMILES string of the molecule is Cc1cccc(OC(=O)[C@H](Cc2ccccc2)N2C(=O)[C@@H]3[C@@H]4CC[C@@H](C4)[C@@H]3C2=O)c1C. The van der Waals surface area contributed by atoms with Crippen LogP contribution >= 0.6 is 0 Å². The van der Waals surface area contributed by atoms with Gasteiger partial charge in [0.25, 0.3) is 0 Å². The number of rotatable bonds is 5. The number of benzene rings is 2. The Hall–Kier alpha value is -2.95. The third kappa shape index (κ3) is 3.27. The smallest absolute Gasteiger partial charge is 0.335 e. The Morgan fingerprint density at radius 2 is 1.61 bits per heavy atom. The van der Waals surface area contributed by atoms with Gasteiger partial charge in [0, 0.05) is 6.42 Å². The molecular weight excluding hydrogens is 390 g/mol. The number of amides is 2. The summed E-state index contributed by atoms with van der Waals surface area (Å²) in [6, 6.07) is 14.1. The van der Waals surface area contributed by atoms with Gasteiger partial charge in [-0.15, -0.1) is 0 Å². The first-order valence-corrected chi connectivity index (χ1v) is 11.1. The van der Waals surface area contributed by atoms with Crippen molar-refractivity contribution in [2.75, 3.05) is 0 Å². The van der Waals surface area contributed by atoms with Crippen molar-refractivity contribution in [1.29, 1.82) is 0 Å². The second-order valence-electron chi connectivity index (χ2n) is 9.26. The molecule has 0 unspecified atom stereocenters. The molecule has 5 rings (SSSR count). The van der Waals surface area contributed by atoms with E-state index in [1.54, 1.807) is 6.07 Å². The molecule has 5 heteroatoms. The predicted octanol–water partition coefficient (Wildman–Crippen LogP) is 3.85. The van der Waals surface area contributed by atoms with Crippen LogP contribution in [0.1, 0.15) is 36.0 Å². The highest BCUT2D eigenvalue weighted by Gasteiger charge is 2.62. The van der Waals surface area contributed by atoms with Crippen molar-refractivity contribution in [1.82, 2.24) is 4.90 Å². The number of nitrogens with zero attached hydrogens (tertiary/aromatic N) is 1. The molecule has 2 aliphatic carbocycles. The minimum Gasteiger partial charge on any atom is -0.425 e. The highest BCUT2D eigenvalue weighted by atomic mass is 16.5. The third-order valence-corrected chi connectivity index (χ3v) is 7.58. The number of hydrogen-bond donors (Lipinski definition) is 0. The van der Waals surface area contributed by atoms with E-state index in [0.29, 0.717) is 5.75 Å². The molecule has 2 amide bonds. The molecule has 0 N–H and O–H groups in total. The number of likely N-dealkylation sites (tertiary alicyclic amines) is 1. The van der Waals surface area contributed by atoms with E-state index in [2.05, 4.69) is 0 Å². The summed E-state index contributed by atoms with van der Waals surface area (Å²) in [5.41, 5.74) is 2.79. The molecule has 2 aromatic rings. The number of imide groups is 1. The Kier molecular flexibility index (Phi) is 4.92. The molecule has 2 saturated carbocycles. The van der Waals surface area contributed by atoms with Crippen LogP contribution < -0.4 is 4.74 Å². The van der Waals surface area contributed by atoms with Crippen LogP contribution in [0, 0.1) is 37.5 Å². The van der Waals surface area contributed by atoms with Crippen molar-refractivity contribution in [2.45, 2.75) is 45.6 Å². The van der Waals surface area contributed by atoms with Crippen LogP contribution in [0.15, 0.2) is 48.5 Å². The normalized spacial score (nSPS) is 27.5. The Morgan fingerprint density at radius 3 is 2.26 bits per heavy atom. The molecule has 3 aliphatic rings. The van der Waals surface area contributed by atoms with Crippen molar-refractivity contribution < 1.29 is 19.1 Å². The molecule has 0 radical (unpaired) electrons. The van der Waals surface area contributed by atoms with E-state index in [9.17, 15) is 14.4 Å². The van der Waals surface area contributed by atoms with Crippen molar-refractivity contribution >= 4 is 17.8 Å². The number of carbonyl (C=O) groups excluding carboxylic acids is 3. The number of ether oxygens (including phenoxy) is 1. The second kappa shape index (κ2) is 7.63. The Morgan fingerprint density at radius 1 is 0.968 bits per heavy atom. The zero-order valence-corrected chi connectivity index (χ0v) is 17.9. The topological polar surface area (TPSA) is 63.7 Å². The first kappa shape index (κ1) is 20.0. The fourth-order valence-electron chi connectivity index (χ4n) is 5.87. The van der Waals surface area contributed by atoms with Crippen LogP contribution in [0.2, 0.25) is 0 Å². The summed E-state index contributed by atoms with van der Waals surface area (Å²) >= 11 is 0. The van der Waals surface area contributed by atoms with Crippen LogP contribution in [0.25, 0.3) is 0 Å². The molecule has 2 aromatic carbocycles. The van der Waals surface area contributed by atoms with Crippen LogP contribution in [-0.4, -0.2) is 28.7 Å². The molecule has 5 atom stereocenters. The van der Waals surface area contributed by atoms with Gasteiger partial charge in [-0.1, -0.05) is 42.5 Å². The molecule has 1 heterocycles. The minimum absolute atomic E-state index is 0.180. The van der Waals surface area contributed by atoms with E-state index in [1.807, 2.05) is 56.3 Å². The molecule has 5 nitrogen and oxygen atoms in total. The van der Waals surface area contributed by atoms with E-state index >= 15 is 0 Å². The molecule has 31 heavy (non-hydrogen) atoms. The van der Waals surface area contributed by atoms with Gasteiger partial charge in [-0.2, -0.15) is 0 Å². The summed E-state index contributed by atoms with van der Waals surface area (Å²) in [7, 11) is 0. The fraction of sp³-hybridized carbons (Fsp3) is 0.423. The second-order valence-corrected chi connectivity index (χ2v) is 9.26. The summed E-state index contributed by atoms with van der Waals surface area (Å²) in [5.74, 6) is -0.375. The number of aryl methyl sites for hydroxylation is 1. The molecule has 0 spiro atoms. The quantitative estimate of drug-likeness (QED) is 0.421. The van der Waals surface area contributed by atoms with Crippen LogP contribution in [-0.2, 0) is 20.8 Å². The van der Waals surface area contributed by atoms with Gasteiger partial charge in [0.2, 0.25) is 11.8 Å². The standard InChI is InChI=1S/C26H27NO4/c1-15-7-6-10-21(16(15)2)31-26(30)20(13-17-8-4-3-5-9-17)27-24(28)22-18-11-12-19(14-18)23(22)25(27)29/h3-10,18-20,22-23H,11-14H2,1-2H3/t18-,19+,20-,22-,23+/m0/s1. The van der Waals surface area contributed by atoms with E-state index < -0.39 is 12.0 Å². The molecule has 1 aliphatic heterocycles. The van der Waals surface area contributed by atoms with Gasteiger partial charge in [0.15, 0.2) is 0 Å². The molecule has 2 bridgehead atoms.